The lowest BCUT2D eigenvalue weighted by Crippen LogP contribution is -2.00. The Morgan fingerprint density at radius 3 is 2.25 bits per heavy atom. The third kappa shape index (κ3) is 0.559. The Bertz CT molecular complexity index is 233. The highest BCUT2D eigenvalue weighted by Gasteiger charge is 1.98. The lowest BCUT2D eigenvalue weighted by molar-refractivity contribution is 0.391. The molecule has 0 amide bonds. The number of hydrogen-bond donors (Lipinski definition) is 1. The summed E-state index contributed by atoms with van der Waals surface area (Å²) in [5, 5.41) is 2.21. The smallest absolute Gasteiger partial charge is 0.283 e. The quantitative estimate of drug-likeness (QED) is 0.535. The van der Waals surface area contributed by atoms with Crippen molar-refractivity contribution in [2.24, 2.45) is 0 Å². The zero-order chi connectivity index (χ0) is 6.15. The second kappa shape index (κ2) is 1.51. The fourth-order valence-corrected chi connectivity index (χ4v) is 0.436. The van der Waals surface area contributed by atoms with Gasteiger partial charge >= 0.3 is 0 Å². The summed E-state index contributed by atoms with van der Waals surface area (Å²) in [5.74, 6) is 0.662. The van der Waals surface area contributed by atoms with E-state index < -0.39 is 0 Å². The predicted molar refractivity (Wildman–Crippen MR) is 28.8 cm³/mol. The topological polar surface area (TPSA) is 46.0 Å². The maximum Gasteiger partial charge on any atom is 0.283 e. The van der Waals surface area contributed by atoms with Gasteiger partial charge in [0.05, 0.1) is 5.56 Å². The second-order valence-electron chi connectivity index (χ2n) is 1.71. The van der Waals surface area contributed by atoms with Crippen LogP contribution in [0.25, 0.3) is 0 Å². The van der Waals surface area contributed by atoms with E-state index in [0.717, 1.165) is 0 Å². The molecule has 0 aliphatic carbocycles. The van der Waals surface area contributed by atoms with Gasteiger partial charge in [-0.3, -0.25) is 4.79 Å². The number of H-pyrrole nitrogens is 1. The number of rotatable bonds is 0. The molecule has 0 spiro atoms. The molecule has 0 fully saturated rings. The third-order valence-corrected chi connectivity index (χ3v) is 1.17. The summed E-state index contributed by atoms with van der Waals surface area (Å²) in [6, 6.07) is 0. The predicted octanol–water partition coefficient (Wildman–Crippen LogP) is 0.585. The van der Waals surface area contributed by atoms with Crippen LogP contribution in [-0.4, -0.2) is 5.16 Å². The van der Waals surface area contributed by atoms with Gasteiger partial charge in [0.15, 0.2) is 0 Å². The van der Waals surface area contributed by atoms with Crippen molar-refractivity contribution >= 4 is 0 Å². The molecule has 3 heteroatoms. The van der Waals surface area contributed by atoms with Gasteiger partial charge in [0.25, 0.3) is 5.56 Å². The fourth-order valence-electron chi connectivity index (χ4n) is 0.436. The van der Waals surface area contributed by atoms with Crippen molar-refractivity contribution in [2.45, 2.75) is 13.8 Å². The van der Waals surface area contributed by atoms with Crippen molar-refractivity contribution in [1.82, 2.24) is 5.16 Å². The van der Waals surface area contributed by atoms with E-state index in [4.69, 9.17) is 0 Å². The third-order valence-electron chi connectivity index (χ3n) is 1.17. The van der Waals surface area contributed by atoms with Crippen LogP contribution in [0.5, 0.6) is 0 Å². The molecule has 1 rings (SSSR count). The Balaban J connectivity index is 3.41. The van der Waals surface area contributed by atoms with E-state index in [1.165, 1.54) is 0 Å². The van der Waals surface area contributed by atoms with Gasteiger partial charge < -0.3 is 4.52 Å². The zero-order valence-electron chi connectivity index (χ0n) is 4.82. The molecule has 0 radical (unpaired) electrons. The number of aryl methyl sites for hydroxylation is 1. The first-order chi connectivity index (χ1) is 3.72. The summed E-state index contributed by atoms with van der Waals surface area (Å²) in [4.78, 5) is 10.5. The number of hydrogen-bond acceptors (Lipinski definition) is 2. The largest absolute Gasteiger partial charge is 0.384 e. The maximum atomic E-state index is 10.5. The summed E-state index contributed by atoms with van der Waals surface area (Å²) in [6.07, 6.45) is 0. The Morgan fingerprint density at radius 2 is 2.12 bits per heavy atom. The standard InChI is InChI=1S/C5H7NO2/c1-3-4(2)8-6-5(3)7/h1-2H3,(H,6,7). The van der Waals surface area contributed by atoms with E-state index >= 15 is 0 Å². The minimum absolute atomic E-state index is 0.137. The lowest BCUT2D eigenvalue weighted by Gasteiger charge is -1.75. The summed E-state index contributed by atoms with van der Waals surface area (Å²) in [5.41, 5.74) is 0.521. The van der Waals surface area contributed by atoms with Crippen LogP contribution in [0, 0.1) is 13.8 Å². The molecule has 0 atom stereocenters. The first kappa shape index (κ1) is 5.15. The summed E-state index contributed by atoms with van der Waals surface area (Å²) in [7, 11) is 0. The summed E-state index contributed by atoms with van der Waals surface area (Å²) in [6.45, 7) is 3.46. The Morgan fingerprint density at radius 1 is 1.50 bits per heavy atom. The van der Waals surface area contributed by atoms with Crippen LogP contribution in [0.1, 0.15) is 11.3 Å². The number of nitrogens with one attached hydrogen (secondary N) is 1. The average molecular weight is 113 g/mol. The highest BCUT2D eigenvalue weighted by Crippen LogP contribution is 1.95. The first-order valence-corrected chi connectivity index (χ1v) is 2.36. The molecular weight excluding hydrogens is 106 g/mol. The average Bonchev–Trinajstić information content (AvgIpc) is 1.98. The molecule has 1 heterocycles. The van der Waals surface area contributed by atoms with Gasteiger partial charge in [0.2, 0.25) is 0 Å². The lowest BCUT2D eigenvalue weighted by atomic mass is 10.3. The molecule has 3 nitrogen and oxygen atoms in total. The molecule has 44 valence electrons. The van der Waals surface area contributed by atoms with E-state index in [1.54, 1.807) is 13.8 Å². The number of aromatic amines is 1. The van der Waals surface area contributed by atoms with Gasteiger partial charge in [-0.25, -0.2) is 0 Å². The van der Waals surface area contributed by atoms with Crippen LogP contribution in [0.15, 0.2) is 9.32 Å². The Hall–Kier alpha value is -0.990. The van der Waals surface area contributed by atoms with Crippen LogP contribution >= 0.6 is 0 Å². The van der Waals surface area contributed by atoms with Crippen molar-refractivity contribution in [2.75, 3.05) is 0 Å². The van der Waals surface area contributed by atoms with Crippen molar-refractivity contribution in [3.8, 4) is 0 Å². The van der Waals surface area contributed by atoms with E-state index in [-0.39, 0.29) is 5.56 Å². The normalized spacial score (nSPS) is 9.75. The highest BCUT2D eigenvalue weighted by atomic mass is 16.5. The molecule has 1 aromatic rings. The van der Waals surface area contributed by atoms with Gasteiger partial charge in [-0.2, -0.15) is 5.16 Å². The van der Waals surface area contributed by atoms with Gasteiger partial charge in [0.1, 0.15) is 5.76 Å². The molecule has 0 aliphatic heterocycles. The molecule has 1 aromatic heterocycles. The molecule has 0 aliphatic rings. The van der Waals surface area contributed by atoms with E-state index in [1.807, 2.05) is 0 Å². The second-order valence-corrected chi connectivity index (χ2v) is 1.71. The molecule has 0 saturated heterocycles. The minimum atomic E-state index is -0.137. The molecule has 0 aromatic carbocycles. The summed E-state index contributed by atoms with van der Waals surface area (Å²) < 4.78 is 4.66. The molecule has 1 N–H and O–H groups in total. The molecular formula is C5H7NO2. The molecule has 8 heavy (non-hydrogen) atoms. The van der Waals surface area contributed by atoms with Crippen LogP contribution in [-0.2, 0) is 0 Å². The van der Waals surface area contributed by atoms with E-state index in [2.05, 4.69) is 9.68 Å². The van der Waals surface area contributed by atoms with E-state index in [9.17, 15) is 4.79 Å². The minimum Gasteiger partial charge on any atom is -0.384 e. The molecule has 0 unspecified atom stereocenters. The van der Waals surface area contributed by atoms with Crippen LogP contribution in [0.4, 0.5) is 0 Å². The first-order valence-electron chi connectivity index (χ1n) is 2.36. The highest BCUT2D eigenvalue weighted by molar-refractivity contribution is 5.07. The van der Waals surface area contributed by atoms with Gasteiger partial charge in [0, 0.05) is 0 Å². The van der Waals surface area contributed by atoms with Crippen LogP contribution in [0.3, 0.4) is 0 Å². The SMILES string of the molecule is Cc1o[nH]c(=O)c1C. The van der Waals surface area contributed by atoms with Crippen molar-refractivity contribution in [3.05, 3.63) is 21.7 Å². The van der Waals surface area contributed by atoms with Gasteiger partial charge in [-0.05, 0) is 13.8 Å². The molecule has 0 bridgehead atoms. The van der Waals surface area contributed by atoms with E-state index in [0.29, 0.717) is 11.3 Å². The van der Waals surface area contributed by atoms with Gasteiger partial charge in [-0.15, -0.1) is 0 Å². The van der Waals surface area contributed by atoms with Crippen LogP contribution in [0.2, 0.25) is 0 Å². The maximum absolute atomic E-state index is 10.5. The van der Waals surface area contributed by atoms with Crippen LogP contribution < -0.4 is 5.56 Å². The van der Waals surface area contributed by atoms with Crippen molar-refractivity contribution < 1.29 is 4.52 Å². The van der Waals surface area contributed by atoms with Gasteiger partial charge in [-0.1, -0.05) is 0 Å². The zero-order valence-corrected chi connectivity index (χ0v) is 4.82. The van der Waals surface area contributed by atoms with Crippen molar-refractivity contribution in [3.63, 3.8) is 0 Å². The monoisotopic (exact) mass is 113 g/mol. The fraction of sp³-hybridized carbons (Fsp3) is 0.400. The number of aromatic nitrogens is 1. The van der Waals surface area contributed by atoms with Crippen molar-refractivity contribution in [1.29, 1.82) is 0 Å². The Kier molecular flexibility index (Phi) is 0.970. The summed E-state index contributed by atoms with van der Waals surface area (Å²) >= 11 is 0. The molecule has 0 saturated carbocycles. The Labute approximate surface area is 46.3 Å².